The van der Waals surface area contributed by atoms with Gasteiger partial charge in [0.2, 0.25) is 0 Å². The van der Waals surface area contributed by atoms with Gasteiger partial charge in [-0.25, -0.2) is 4.79 Å². The lowest BCUT2D eigenvalue weighted by atomic mass is 9.89. The average Bonchev–Trinajstić information content (AvgIpc) is 3.18. The van der Waals surface area contributed by atoms with Crippen molar-refractivity contribution in [2.45, 2.75) is 32.2 Å². The monoisotopic (exact) mass is 670 g/mol. The first-order valence-corrected chi connectivity index (χ1v) is 14.2. The van der Waals surface area contributed by atoms with Gasteiger partial charge in [0.15, 0.2) is 0 Å². The van der Waals surface area contributed by atoms with Crippen LogP contribution in [-0.4, -0.2) is 60.0 Å². The molecule has 1 fully saturated rings. The van der Waals surface area contributed by atoms with Crippen LogP contribution in [0.4, 0.5) is 0 Å². The number of carboxylic acids is 1. The summed E-state index contributed by atoms with van der Waals surface area (Å²) in [4.78, 5) is 14.0. The second-order valence-electron chi connectivity index (χ2n) is 8.67. The molecule has 1 N–H and O–H groups in total. The lowest BCUT2D eigenvalue weighted by molar-refractivity contribution is 0.0691. The van der Waals surface area contributed by atoms with E-state index in [0.717, 1.165) is 50.1 Å². The van der Waals surface area contributed by atoms with Crippen LogP contribution >= 0.6 is 47.8 Å². The predicted octanol–water partition coefficient (Wildman–Crippen LogP) is 6.92. The quantitative estimate of drug-likeness (QED) is 0.237. The number of aromatic carboxylic acids is 1. The Morgan fingerprint density at radius 2 is 1.83 bits per heavy atom. The minimum atomic E-state index is -1.00. The molecule has 0 bridgehead atoms. The Hall–Kier alpha value is -1.39. The lowest BCUT2D eigenvalue weighted by Crippen LogP contribution is -2.36. The fourth-order valence-electron chi connectivity index (χ4n) is 4.72. The SMILES string of the molecule is CCOCCn1cc(C2CCN(CCOc3c(Br)cc(Br)cc3C(=O)O)CC2)c2cc(Br)ccc21. The van der Waals surface area contributed by atoms with E-state index in [2.05, 4.69) is 81.7 Å². The maximum Gasteiger partial charge on any atom is 0.339 e. The molecule has 0 aliphatic carbocycles. The van der Waals surface area contributed by atoms with E-state index in [9.17, 15) is 9.90 Å². The molecule has 35 heavy (non-hydrogen) atoms. The molecule has 1 aliphatic rings. The van der Waals surface area contributed by atoms with Gasteiger partial charge in [0.1, 0.15) is 17.9 Å². The number of nitrogens with zero attached hydrogens (tertiary/aromatic N) is 2. The minimum absolute atomic E-state index is 0.150. The number of aromatic nitrogens is 1. The standard InChI is InChI=1S/C26H29Br3N2O4/c1-2-34-11-10-31-16-22(20-13-18(27)3-4-24(20)31)17-5-7-30(8-6-17)9-12-35-25-21(26(32)33)14-19(28)15-23(25)29/h3-4,13-17H,2,5-12H2,1H3,(H,32,33). The van der Waals surface area contributed by atoms with Crippen LogP contribution in [0.1, 0.15) is 41.6 Å². The van der Waals surface area contributed by atoms with E-state index < -0.39 is 5.97 Å². The fourth-order valence-corrected chi connectivity index (χ4v) is 6.43. The van der Waals surface area contributed by atoms with Crippen LogP contribution in [0, 0.1) is 0 Å². The molecule has 0 radical (unpaired) electrons. The summed E-state index contributed by atoms with van der Waals surface area (Å²) in [7, 11) is 0. The molecular weight excluding hydrogens is 644 g/mol. The fraction of sp³-hybridized carbons (Fsp3) is 0.423. The first kappa shape index (κ1) is 26.7. The van der Waals surface area contributed by atoms with E-state index in [1.165, 1.54) is 16.5 Å². The number of hydrogen-bond acceptors (Lipinski definition) is 4. The van der Waals surface area contributed by atoms with Gasteiger partial charge >= 0.3 is 5.97 Å². The van der Waals surface area contributed by atoms with Crippen LogP contribution in [0.2, 0.25) is 0 Å². The molecule has 0 amide bonds. The Labute approximate surface area is 231 Å². The zero-order valence-corrected chi connectivity index (χ0v) is 24.4. The Balaban J connectivity index is 1.37. The molecule has 3 aromatic rings. The summed E-state index contributed by atoms with van der Waals surface area (Å²) in [5.74, 6) is -0.118. The topological polar surface area (TPSA) is 63.9 Å². The second-order valence-corrected chi connectivity index (χ2v) is 11.4. The summed E-state index contributed by atoms with van der Waals surface area (Å²) in [6, 6.07) is 9.89. The average molecular weight is 673 g/mol. The number of likely N-dealkylation sites (tertiary alicyclic amines) is 1. The second kappa shape index (κ2) is 12.2. The number of hydrogen-bond donors (Lipinski definition) is 1. The predicted molar refractivity (Wildman–Crippen MR) is 149 cm³/mol. The number of fused-ring (bicyclic) bond motifs is 1. The minimum Gasteiger partial charge on any atom is -0.490 e. The molecule has 0 atom stereocenters. The number of ether oxygens (including phenoxy) is 2. The molecule has 0 spiro atoms. The number of benzene rings is 2. The van der Waals surface area contributed by atoms with Gasteiger partial charge in [0, 0.05) is 45.7 Å². The highest BCUT2D eigenvalue weighted by atomic mass is 79.9. The summed E-state index contributed by atoms with van der Waals surface area (Å²) in [5.41, 5.74) is 2.82. The molecule has 1 aromatic heterocycles. The van der Waals surface area contributed by atoms with E-state index in [-0.39, 0.29) is 5.56 Å². The highest BCUT2D eigenvalue weighted by Gasteiger charge is 2.24. The van der Waals surface area contributed by atoms with Gasteiger partial charge in [-0.15, -0.1) is 0 Å². The molecule has 0 unspecified atom stereocenters. The maximum atomic E-state index is 11.6. The van der Waals surface area contributed by atoms with E-state index in [0.29, 0.717) is 33.8 Å². The molecule has 6 nitrogen and oxygen atoms in total. The molecule has 2 aromatic carbocycles. The first-order valence-electron chi connectivity index (χ1n) is 11.8. The Kier molecular flexibility index (Phi) is 9.32. The van der Waals surface area contributed by atoms with Crippen molar-refractivity contribution in [3.05, 3.63) is 61.1 Å². The molecule has 1 saturated heterocycles. The van der Waals surface area contributed by atoms with Crippen molar-refractivity contribution in [2.24, 2.45) is 0 Å². The maximum absolute atomic E-state index is 11.6. The summed E-state index contributed by atoms with van der Waals surface area (Å²) >= 11 is 10.4. The van der Waals surface area contributed by atoms with Crippen molar-refractivity contribution >= 4 is 64.7 Å². The third kappa shape index (κ3) is 6.49. The molecule has 188 valence electrons. The smallest absolute Gasteiger partial charge is 0.339 e. The van der Waals surface area contributed by atoms with E-state index >= 15 is 0 Å². The van der Waals surface area contributed by atoms with Crippen LogP contribution in [-0.2, 0) is 11.3 Å². The summed E-state index contributed by atoms with van der Waals surface area (Å²) in [6.45, 7) is 7.50. The third-order valence-corrected chi connectivity index (χ3v) is 8.01. The Morgan fingerprint density at radius 1 is 1.06 bits per heavy atom. The molecule has 1 aliphatic heterocycles. The molecule has 4 rings (SSSR count). The molecular formula is C26H29Br3N2O4. The van der Waals surface area contributed by atoms with E-state index in [1.54, 1.807) is 12.1 Å². The van der Waals surface area contributed by atoms with Crippen LogP contribution in [0.25, 0.3) is 10.9 Å². The molecule has 9 heteroatoms. The van der Waals surface area contributed by atoms with Gasteiger partial charge in [0.25, 0.3) is 0 Å². The van der Waals surface area contributed by atoms with Crippen molar-refractivity contribution < 1.29 is 19.4 Å². The van der Waals surface area contributed by atoms with Gasteiger partial charge in [-0.3, -0.25) is 4.90 Å². The van der Waals surface area contributed by atoms with Crippen LogP contribution in [0.15, 0.2) is 49.9 Å². The van der Waals surface area contributed by atoms with Gasteiger partial charge < -0.3 is 19.1 Å². The normalized spacial score (nSPS) is 15.1. The highest BCUT2D eigenvalue weighted by Crippen LogP contribution is 2.36. The van der Waals surface area contributed by atoms with Crippen molar-refractivity contribution in [1.29, 1.82) is 0 Å². The zero-order chi connectivity index (χ0) is 24.9. The van der Waals surface area contributed by atoms with Gasteiger partial charge in [-0.1, -0.05) is 31.9 Å². The lowest BCUT2D eigenvalue weighted by Gasteiger charge is -2.32. The first-order chi connectivity index (χ1) is 16.9. The third-order valence-electron chi connectivity index (χ3n) is 6.47. The van der Waals surface area contributed by atoms with E-state index in [1.807, 2.05) is 6.92 Å². The number of carbonyl (C=O) groups is 1. The molecule has 2 heterocycles. The summed E-state index contributed by atoms with van der Waals surface area (Å²) in [5, 5.41) is 10.8. The van der Waals surface area contributed by atoms with Crippen molar-refractivity contribution in [1.82, 2.24) is 9.47 Å². The van der Waals surface area contributed by atoms with Gasteiger partial charge in [-0.2, -0.15) is 0 Å². The Bertz CT molecular complexity index is 1190. The summed E-state index contributed by atoms with van der Waals surface area (Å²) in [6.07, 6.45) is 4.48. The largest absolute Gasteiger partial charge is 0.490 e. The zero-order valence-electron chi connectivity index (χ0n) is 19.6. The van der Waals surface area contributed by atoms with Crippen molar-refractivity contribution in [3.63, 3.8) is 0 Å². The van der Waals surface area contributed by atoms with Gasteiger partial charge in [-0.05, 0) is 90.6 Å². The van der Waals surface area contributed by atoms with E-state index in [4.69, 9.17) is 9.47 Å². The summed E-state index contributed by atoms with van der Waals surface area (Å²) < 4.78 is 16.3. The molecule has 0 saturated carbocycles. The number of carboxylic acid groups (broad SMARTS) is 1. The van der Waals surface area contributed by atoms with Crippen LogP contribution < -0.4 is 4.74 Å². The number of piperidine rings is 1. The van der Waals surface area contributed by atoms with Crippen LogP contribution in [0.3, 0.4) is 0 Å². The van der Waals surface area contributed by atoms with Crippen molar-refractivity contribution in [2.75, 3.05) is 39.5 Å². The number of rotatable bonds is 10. The Morgan fingerprint density at radius 3 is 2.54 bits per heavy atom. The highest BCUT2D eigenvalue weighted by molar-refractivity contribution is 9.11. The van der Waals surface area contributed by atoms with Gasteiger partial charge in [0.05, 0.1) is 11.1 Å². The van der Waals surface area contributed by atoms with Crippen LogP contribution in [0.5, 0.6) is 5.75 Å². The number of halogens is 3. The van der Waals surface area contributed by atoms with Crippen molar-refractivity contribution in [3.8, 4) is 5.75 Å².